The maximum absolute atomic E-state index is 11.9. The lowest BCUT2D eigenvalue weighted by Crippen LogP contribution is -2.33. The van der Waals surface area contributed by atoms with E-state index in [9.17, 15) is 4.79 Å². The van der Waals surface area contributed by atoms with Gasteiger partial charge in [-0.15, -0.1) is 0 Å². The van der Waals surface area contributed by atoms with Crippen LogP contribution in [0.5, 0.6) is 0 Å². The summed E-state index contributed by atoms with van der Waals surface area (Å²) in [6.07, 6.45) is 6.29. The molecule has 72 valence electrons. The summed E-state index contributed by atoms with van der Waals surface area (Å²) in [5, 5.41) is 0. The zero-order chi connectivity index (χ0) is 8.84. The van der Waals surface area contributed by atoms with Crippen LogP contribution in [0.3, 0.4) is 0 Å². The number of hydrogen-bond donors (Lipinski definition) is 0. The third kappa shape index (κ3) is 1.27. The Balaban J connectivity index is 1.61. The Hall–Kier alpha value is -0.530. The first-order chi connectivity index (χ1) is 6.34. The minimum absolute atomic E-state index is 0.418. The molecule has 0 aromatic carbocycles. The summed E-state index contributed by atoms with van der Waals surface area (Å²) < 4.78 is 0. The van der Waals surface area contributed by atoms with Crippen molar-refractivity contribution in [1.29, 1.82) is 0 Å². The van der Waals surface area contributed by atoms with E-state index in [1.807, 2.05) is 0 Å². The van der Waals surface area contributed by atoms with Crippen molar-refractivity contribution in [2.45, 2.75) is 32.1 Å². The molecular formula is C11H17NO. The van der Waals surface area contributed by atoms with E-state index >= 15 is 0 Å². The van der Waals surface area contributed by atoms with Gasteiger partial charge >= 0.3 is 0 Å². The number of carbonyl (C=O) groups is 1. The SMILES string of the molecule is O=C(C1CC2CC2C1)N1CCCC1. The Kier molecular flexibility index (Phi) is 1.64. The van der Waals surface area contributed by atoms with Crippen molar-refractivity contribution < 1.29 is 4.79 Å². The summed E-state index contributed by atoms with van der Waals surface area (Å²) in [5.74, 6) is 2.78. The Labute approximate surface area is 79.3 Å². The number of amides is 1. The van der Waals surface area contributed by atoms with Gasteiger partial charge in [-0.05, 0) is 43.9 Å². The van der Waals surface area contributed by atoms with Crippen molar-refractivity contribution >= 4 is 5.91 Å². The van der Waals surface area contributed by atoms with Crippen molar-refractivity contribution in [3.8, 4) is 0 Å². The highest BCUT2D eigenvalue weighted by atomic mass is 16.2. The molecular weight excluding hydrogens is 162 g/mol. The lowest BCUT2D eigenvalue weighted by atomic mass is 10.0. The molecule has 1 heterocycles. The highest BCUT2D eigenvalue weighted by Crippen LogP contribution is 2.54. The first kappa shape index (κ1) is 7.84. The highest BCUT2D eigenvalue weighted by Gasteiger charge is 2.48. The Morgan fingerprint density at radius 2 is 1.62 bits per heavy atom. The maximum Gasteiger partial charge on any atom is 0.225 e. The fourth-order valence-electron chi connectivity index (χ4n) is 3.11. The topological polar surface area (TPSA) is 20.3 Å². The van der Waals surface area contributed by atoms with Gasteiger partial charge in [0.1, 0.15) is 0 Å². The summed E-state index contributed by atoms with van der Waals surface area (Å²) in [7, 11) is 0. The van der Waals surface area contributed by atoms with Crippen LogP contribution in [0.4, 0.5) is 0 Å². The largest absolute Gasteiger partial charge is 0.342 e. The summed E-state index contributed by atoms with van der Waals surface area (Å²) in [5.41, 5.74) is 0. The molecule has 1 amide bonds. The summed E-state index contributed by atoms with van der Waals surface area (Å²) in [4.78, 5) is 14.0. The van der Waals surface area contributed by atoms with Crippen LogP contribution >= 0.6 is 0 Å². The standard InChI is InChI=1S/C11H17NO/c13-11(12-3-1-2-4-12)10-6-8-5-9(8)7-10/h8-10H,1-7H2. The van der Waals surface area contributed by atoms with Gasteiger partial charge in [-0.25, -0.2) is 0 Å². The number of fused-ring (bicyclic) bond motifs is 1. The van der Waals surface area contributed by atoms with Crippen molar-refractivity contribution in [2.24, 2.45) is 17.8 Å². The molecule has 2 heteroatoms. The second-order valence-electron chi connectivity index (χ2n) is 4.96. The van der Waals surface area contributed by atoms with E-state index in [-0.39, 0.29) is 0 Å². The fraction of sp³-hybridized carbons (Fsp3) is 0.909. The summed E-state index contributed by atoms with van der Waals surface area (Å²) >= 11 is 0. The Morgan fingerprint density at radius 1 is 1.00 bits per heavy atom. The Bertz CT molecular complexity index is 222. The number of nitrogens with zero attached hydrogens (tertiary/aromatic N) is 1. The third-order valence-corrected chi connectivity index (χ3v) is 4.01. The maximum atomic E-state index is 11.9. The molecule has 3 rings (SSSR count). The van der Waals surface area contributed by atoms with Crippen LogP contribution in [0.2, 0.25) is 0 Å². The van der Waals surface area contributed by atoms with Gasteiger partial charge in [0.2, 0.25) is 5.91 Å². The van der Waals surface area contributed by atoms with Gasteiger partial charge in [0.25, 0.3) is 0 Å². The molecule has 13 heavy (non-hydrogen) atoms. The molecule has 0 aromatic rings. The first-order valence-corrected chi connectivity index (χ1v) is 5.63. The van der Waals surface area contributed by atoms with Gasteiger partial charge in [0.05, 0.1) is 0 Å². The molecule has 3 aliphatic rings. The molecule has 3 fully saturated rings. The van der Waals surface area contributed by atoms with Crippen molar-refractivity contribution in [1.82, 2.24) is 4.90 Å². The van der Waals surface area contributed by atoms with E-state index in [1.54, 1.807) is 0 Å². The molecule has 2 unspecified atom stereocenters. The lowest BCUT2D eigenvalue weighted by molar-refractivity contribution is -0.134. The molecule has 0 radical (unpaired) electrons. The normalized spacial score (nSPS) is 42.2. The monoisotopic (exact) mass is 179 g/mol. The minimum atomic E-state index is 0.418. The van der Waals surface area contributed by atoms with Crippen LogP contribution in [0.1, 0.15) is 32.1 Å². The lowest BCUT2D eigenvalue weighted by Gasteiger charge is -2.20. The zero-order valence-electron chi connectivity index (χ0n) is 8.04. The van der Waals surface area contributed by atoms with Crippen molar-refractivity contribution in [3.05, 3.63) is 0 Å². The van der Waals surface area contributed by atoms with Crippen LogP contribution < -0.4 is 0 Å². The van der Waals surface area contributed by atoms with E-state index in [4.69, 9.17) is 0 Å². The molecule has 0 bridgehead atoms. The fourth-order valence-corrected chi connectivity index (χ4v) is 3.11. The first-order valence-electron chi connectivity index (χ1n) is 5.63. The van der Waals surface area contributed by atoms with Crippen LogP contribution in [-0.2, 0) is 4.79 Å². The number of likely N-dealkylation sites (tertiary alicyclic amines) is 1. The van der Waals surface area contributed by atoms with Crippen LogP contribution in [0.15, 0.2) is 0 Å². The minimum Gasteiger partial charge on any atom is -0.342 e. The second kappa shape index (κ2) is 2.73. The molecule has 0 N–H and O–H groups in total. The van der Waals surface area contributed by atoms with Crippen LogP contribution in [0, 0.1) is 17.8 Å². The zero-order valence-corrected chi connectivity index (χ0v) is 8.04. The van der Waals surface area contributed by atoms with E-state index in [1.165, 1.54) is 32.1 Å². The molecule has 2 aliphatic carbocycles. The third-order valence-electron chi connectivity index (χ3n) is 4.01. The van der Waals surface area contributed by atoms with Crippen LogP contribution in [0.25, 0.3) is 0 Å². The van der Waals surface area contributed by atoms with Gasteiger partial charge < -0.3 is 4.90 Å². The number of carbonyl (C=O) groups excluding carboxylic acids is 1. The molecule has 2 nitrogen and oxygen atoms in total. The van der Waals surface area contributed by atoms with Crippen LogP contribution in [-0.4, -0.2) is 23.9 Å². The average Bonchev–Trinajstić information content (AvgIpc) is 2.63. The smallest absolute Gasteiger partial charge is 0.225 e. The van der Waals surface area contributed by atoms with Gasteiger partial charge in [-0.2, -0.15) is 0 Å². The molecule has 2 saturated carbocycles. The molecule has 1 aliphatic heterocycles. The molecule has 0 spiro atoms. The highest BCUT2D eigenvalue weighted by molar-refractivity contribution is 5.79. The van der Waals surface area contributed by atoms with Crippen molar-refractivity contribution in [3.63, 3.8) is 0 Å². The molecule has 2 atom stereocenters. The van der Waals surface area contributed by atoms with Gasteiger partial charge in [-0.1, -0.05) is 0 Å². The van der Waals surface area contributed by atoms with E-state index < -0.39 is 0 Å². The second-order valence-corrected chi connectivity index (χ2v) is 4.96. The molecule has 0 aromatic heterocycles. The number of hydrogen-bond acceptors (Lipinski definition) is 1. The number of rotatable bonds is 1. The predicted molar refractivity (Wildman–Crippen MR) is 50.1 cm³/mol. The average molecular weight is 179 g/mol. The quantitative estimate of drug-likeness (QED) is 0.599. The Morgan fingerprint density at radius 3 is 2.23 bits per heavy atom. The van der Waals surface area contributed by atoms with Crippen molar-refractivity contribution in [2.75, 3.05) is 13.1 Å². The van der Waals surface area contributed by atoms with E-state index in [2.05, 4.69) is 4.90 Å². The predicted octanol–water partition coefficient (Wildman–Crippen LogP) is 1.65. The van der Waals surface area contributed by atoms with E-state index in [0.717, 1.165) is 24.9 Å². The van der Waals surface area contributed by atoms with E-state index in [0.29, 0.717) is 11.8 Å². The summed E-state index contributed by atoms with van der Waals surface area (Å²) in [6, 6.07) is 0. The molecule has 1 saturated heterocycles. The van der Waals surface area contributed by atoms with Gasteiger partial charge in [0.15, 0.2) is 0 Å². The van der Waals surface area contributed by atoms with Gasteiger partial charge in [0, 0.05) is 19.0 Å². The summed E-state index contributed by atoms with van der Waals surface area (Å²) in [6.45, 7) is 2.06. The van der Waals surface area contributed by atoms with Gasteiger partial charge in [-0.3, -0.25) is 4.79 Å².